The van der Waals surface area contributed by atoms with Gasteiger partial charge >= 0.3 is 0 Å². The predicted molar refractivity (Wildman–Crippen MR) is 111 cm³/mol. The minimum Gasteiger partial charge on any atom is -0.342 e. The largest absolute Gasteiger partial charge is 0.342 e. The molecule has 0 saturated carbocycles. The van der Waals surface area contributed by atoms with Gasteiger partial charge in [-0.05, 0) is 5.39 Å². The van der Waals surface area contributed by atoms with E-state index in [0.29, 0.717) is 15.7 Å². The molecule has 1 fully saturated rings. The van der Waals surface area contributed by atoms with Crippen molar-refractivity contribution in [3.63, 3.8) is 0 Å². The molecule has 0 unspecified atom stereocenters. The van der Waals surface area contributed by atoms with Crippen LogP contribution in [0.1, 0.15) is 16.9 Å². The van der Waals surface area contributed by atoms with Gasteiger partial charge in [0.25, 0.3) is 11.8 Å². The Bertz CT molecular complexity index is 1230. The van der Waals surface area contributed by atoms with E-state index < -0.39 is 43.3 Å². The third-order valence-corrected chi connectivity index (χ3v) is 6.03. The van der Waals surface area contributed by atoms with Crippen LogP contribution in [0.2, 0.25) is 5.15 Å². The number of nitrogens with one attached hydrogen (secondary N) is 1. The second-order valence-corrected chi connectivity index (χ2v) is 8.17. The van der Waals surface area contributed by atoms with Crippen LogP contribution in [0.25, 0.3) is 21.3 Å². The number of likely N-dealkylation sites (tertiary alicyclic amines) is 1. The number of fused-ring (bicyclic) bond motifs is 1. The van der Waals surface area contributed by atoms with Crippen molar-refractivity contribution in [2.24, 2.45) is 0 Å². The lowest BCUT2D eigenvalue weighted by Crippen LogP contribution is -2.43. The van der Waals surface area contributed by atoms with Crippen molar-refractivity contribution >= 4 is 45.5 Å². The summed E-state index contributed by atoms with van der Waals surface area (Å²) >= 11 is 7.36. The average molecular weight is 462 g/mol. The van der Waals surface area contributed by atoms with E-state index in [9.17, 15) is 18.4 Å². The average Bonchev–Trinajstić information content (AvgIpc) is 3.36. The van der Waals surface area contributed by atoms with Gasteiger partial charge in [0.15, 0.2) is 0 Å². The number of nitrogens with zero attached hydrogens (tertiary/aromatic N) is 4. The fraction of sp³-hybridized carbons (Fsp3) is 0.250. The number of amides is 2. The summed E-state index contributed by atoms with van der Waals surface area (Å²) in [5, 5.41) is 15.4. The first kappa shape index (κ1) is 21.1. The number of carbonyl (C=O) groups is 2. The van der Waals surface area contributed by atoms with E-state index in [1.165, 1.54) is 16.7 Å². The lowest BCUT2D eigenvalue weighted by Gasteiger charge is -2.19. The Morgan fingerprint density at radius 2 is 2.10 bits per heavy atom. The Morgan fingerprint density at radius 3 is 2.84 bits per heavy atom. The smallest absolute Gasteiger partial charge is 0.271 e. The third kappa shape index (κ3) is 4.19. The van der Waals surface area contributed by atoms with Crippen molar-refractivity contribution in [3.05, 3.63) is 46.7 Å². The summed E-state index contributed by atoms with van der Waals surface area (Å²) in [4.78, 5) is 33.9. The van der Waals surface area contributed by atoms with Crippen molar-refractivity contribution in [1.29, 1.82) is 5.26 Å². The number of halogens is 3. The van der Waals surface area contributed by atoms with Crippen LogP contribution in [0.3, 0.4) is 0 Å². The Labute approximate surface area is 184 Å². The van der Waals surface area contributed by atoms with Gasteiger partial charge in [-0.2, -0.15) is 5.26 Å². The minimum atomic E-state index is -3.11. The van der Waals surface area contributed by atoms with Crippen molar-refractivity contribution in [3.8, 4) is 16.6 Å². The summed E-state index contributed by atoms with van der Waals surface area (Å²) in [5.74, 6) is -4.49. The maximum Gasteiger partial charge on any atom is 0.271 e. The SMILES string of the molecule is N#C[C@@H]1CC(F)(F)CN1C(=O)CNC(=O)c1csc(-c2cnc(Cl)c3ccccc23)n1. The van der Waals surface area contributed by atoms with E-state index in [1.54, 1.807) is 12.3 Å². The first-order valence-electron chi connectivity index (χ1n) is 9.13. The highest BCUT2D eigenvalue weighted by Crippen LogP contribution is 2.33. The number of hydrogen-bond donors (Lipinski definition) is 1. The molecule has 31 heavy (non-hydrogen) atoms. The highest BCUT2D eigenvalue weighted by atomic mass is 35.5. The van der Waals surface area contributed by atoms with Crippen molar-refractivity contribution in [2.45, 2.75) is 18.4 Å². The molecule has 7 nitrogen and oxygen atoms in total. The molecule has 2 amide bonds. The van der Waals surface area contributed by atoms with Crippen molar-refractivity contribution in [1.82, 2.24) is 20.2 Å². The van der Waals surface area contributed by atoms with E-state index in [4.69, 9.17) is 16.9 Å². The Kier molecular flexibility index (Phi) is 5.56. The molecule has 0 radical (unpaired) electrons. The summed E-state index contributed by atoms with van der Waals surface area (Å²) in [6, 6.07) is 7.88. The number of hydrogen-bond acceptors (Lipinski definition) is 6. The van der Waals surface area contributed by atoms with E-state index in [2.05, 4.69) is 15.3 Å². The van der Waals surface area contributed by atoms with E-state index in [0.717, 1.165) is 15.7 Å². The van der Waals surface area contributed by atoms with Crippen LogP contribution in [0.15, 0.2) is 35.8 Å². The number of carbonyl (C=O) groups excluding carboxylic acids is 2. The maximum absolute atomic E-state index is 13.5. The highest BCUT2D eigenvalue weighted by Gasteiger charge is 2.47. The molecule has 1 aliphatic rings. The molecule has 3 heterocycles. The predicted octanol–water partition coefficient (Wildman–Crippen LogP) is 3.50. The topological polar surface area (TPSA) is 99.0 Å². The molecule has 2 aromatic heterocycles. The van der Waals surface area contributed by atoms with E-state index in [1.807, 2.05) is 24.3 Å². The number of pyridine rings is 1. The molecule has 1 aromatic carbocycles. The van der Waals surface area contributed by atoms with Crippen LogP contribution in [-0.2, 0) is 4.79 Å². The van der Waals surface area contributed by atoms with Gasteiger partial charge in [0, 0.05) is 28.9 Å². The molecule has 158 valence electrons. The quantitative estimate of drug-likeness (QED) is 0.599. The monoisotopic (exact) mass is 461 g/mol. The van der Waals surface area contributed by atoms with Gasteiger partial charge in [-0.3, -0.25) is 9.59 Å². The third-order valence-electron chi connectivity index (χ3n) is 4.85. The first-order valence-corrected chi connectivity index (χ1v) is 10.4. The number of thiazole rings is 1. The zero-order chi connectivity index (χ0) is 22.2. The van der Waals surface area contributed by atoms with Crippen LogP contribution >= 0.6 is 22.9 Å². The lowest BCUT2D eigenvalue weighted by molar-refractivity contribution is -0.131. The molecule has 1 saturated heterocycles. The molecule has 1 aliphatic heterocycles. The van der Waals surface area contributed by atoms with E-state index in [-0.39, 0.29) is 5.69 Å². The minimum absolute atomic E-state index is 0.0791. The fourth-order valence-corrected chi connectivity index (χ4v) is 4.41. The van der Waals surface area contributed by atoms with Crippen LogP contribution in [0.5, 0.6) is 0 Å². The zero-order valence-electron chi connectivity index (χ0n) is 15.8. The van der Waals surface area contributed by atoms with Gasteiger partial charge in [0.2, 0.25) is 5.91 Å². The normalized spacial score (nSPS) is 17.5. The Balaban J connectivity index is 1.47. The zero-order valence-corrected chi connectivity index (χ0v) is 17.4. The fourth-order valence-electron chi connectivity index (χ4n) is 3.37. The van der Waals surface area contributed by atoms with Gasteiger partial charge in [0.1, 0.15) is 21.9 Å². The summed E-state index contributed by atoms with van der Waals surface area (Å²) in [6.45, 7) is -1.34. The van der Waals surface area contributed by atoms with Crippen molar-refractivity contribution < 1.29 is 18.4 Å². The van der Waals surface area contributed by atoms with Gasteiger partial charge in [-0.25, -0.2) is 18.7 Å². The molecular formula is C20H14ClF2N5O2S. The Morgan fingerprint density at radius 1 is 1.35 bits per heavy atom. The number of benzene rings is 1. The van der Waals surface area contributed by atoms with Gasteiger partial charge in [-0.1, -0.05) is 35.9 Å². The molecule has 4 rings (SSSR count). The molecule has 1 N–H and O–H groups in total. The van der Waals surface area contributed by atoms with E-state index >= 15 is 0 Å². The van der Waals surface area contributed by atoms with Gasteiger partial charge < -0.3 is 10.2 Å². The number of nitriles is 1. The molecule has 11 heteroatoms. The summed E-state index contributed by atoms with van der Waals surface area (Å²) < 4.78 is 27.0. The standard InChI is InChI=1S/C20H14ClF2N5O2S/c21-17-13-4-2-1-3-12(13)14(7-25-17)19-27-15(9-31-19)18(30)26-8-16(29)28-10-20(22,23)5-11(28)6-24/h1-4,7,9,11H,5,8,10H2,(H,26,30)/t11-/m0/s1. The van der Waals surface area contributed by atoms with Crippen LogP contribution in [0.4, 0.5) is 8.78 Å². The summed E-state index contributed by atoms with van der Waals surface area (Å²) in [5.41, 5.74) is 0.784. The molecule has 1 atom stereocenters. The first-order chi connectivity index (χ1) is 14.8. The number of alkyl halides is 2. The second-order valence-electron chi connectivity index (χ2n) is 6.96. The Hall–Kier alpha value is -3.16. The van der Waals surface area contributed by atoms with Gasteiger partial charge in [-0.15, -0.1) is 11.3 Å². The number of aromatic nitrogens is 2. The number of rotatable bonds is 4. The molecular weight excluding hydrogens is 448 g/mol. The van der Waals surface area contributed by atoms with Crippen molar-refractivity contribution in [2.75, 3.05) is 13.1 Å². The molecule has 0 bridgehead atoms. The maximum atomic E-state index is 13.5. The highest BCUT2D eigenvalue weighted by molar-refractivity contribution is 7.13. The summed E-state index contributed by atoms with van der Waals surface area (Å²) in [6.07, 6.45) is 0.867. The molecule has 0 aliphatic carbocycles. The molecule has 0 spiro atoms. The lowest BCUT2D eigenvalue weighted by atomic mass is 10.1. The van der Waals surface area contributed by atoms with Crippen LogP contribution in [-0.4, -0.2) is 51.7 Å². The van der Waals surface area contributed by atoms with Crippen LogP contribution in [0, 0.1) is 11.3 Å². The summed E-state index contributed by atoms with van der Waals surface area (Å²) in [7, 11) is 0. The molecule has 3 aromatic rings. The second kappa shape index (κ2) is 8.17. The van der Waals surface area contributed by atoms with Crippen LogP contribution < -0.4 is 5.32 Å². The van der Waals surface area contributed by atoms with Gasteiger partial charge in [0.05, 0.1) is 19.2 Å².